The van der Waals surface area contributed by atoms with Gasteiger partial charge in [0, 0.05) is 6.54 Å². The van der Waals surface area contributed by atoms with Gasteiger partial charge < -0.3 is 15.5 Å². The number of aliphatic hydroxyl groups is 1. The van der Waals surface area contributed by atoms with Crippen LogP contribution in [0.25, 0.3) is 0 Å². The lowest BCUT2D eigenvalue weighted by atomic mass is 10.1. The van der Waals surface area contributed by atoms with E-state index in [1.807, 2.05) is 18.2 Å². The molecule has 0 amide bonds. The summed E-state index contributed by atoms with van der Waals surface area (Å²) in [5, 5.41) is 21.9. The summed E-state index contributed by atoms with van der Waals surface area (Å²) in [7, 11) is 0. The number of pyridine rings is 1. The summed E-state index contributed by atoms with van der Waals surface area (Å²) in [5.74, 6) is -0.772. The molecular weight excluding hydrogens is 280 g/mol. The van der Waals surface area contributed by atoms with Crippen LogP contribution in [-0.4, -0.2) is 27.7 Å². The Morgan fingerprint density at radius 2 is 2.00 bits per heavy atom. The van der Waals surface area contributed by atoms with Crippen molar-refractivity contribution in [3.8, 4) is 0 Å². The minimum Gasteiger partial charge on any atom is -0.478 e. The Bertz CT molecular complexity index is 605. The van der Waals surface area contributed by atoms with Crippen LogP contribution in [-0.2, 0) is 0 Å². The van der Waals surface area contributed by atoms with Crippen molar-refractivity contribution in [1.29, 1.82) is 0 Å². The van der Waals surface area contributed by atoms with Gasteiger partial charge in [0.05, 0.1) is 11.7 Å². The molecule has 1 unspecified atom stereocenters. The molecule has 0 spiro atoms. The molecule has 5 nitrogen and oxygen atoms in total. The fraction of sp³-hybridized carbons (Fsp3) is 0.143. The third-order valence-electron chi connectivity index (χ3n) is 2.70. The number of carboxylic acid groups (broad SMARTS) is 1. The lowest BCUT2D eigenvalue weighted by Crippen LogP contribution is -2.13. The maximum absolute atomic E-state index is 10.9. The maximum atomic E-state index is 10.9. The molecule has 0 aliphatic carbocycles. The van der Waals surface area contributed by atoms with Gasteiger partial charge in [-0.2, -0.15) is 0 Å². The number of halogens is 1. The Hall–Kier alpha value is -2.11. The van der Waals surface area contributed by atoms with Crippen LogP contribution in [0.5, 0.6) is 0 Å². The molecule has 0 aliphatic heterocycles. The summed E-state index contributed by atoms with van der Waals surface area (Å²) in [4.78, 5) is 14.9. The SMILES string of the molecule is O=C(O)c1cc(Cl)nc(NCC(O)c2ccccc2)c1. The zero-order valence-corrected chi connectivity index (χ0v) is 11.2. The van der Waals surface area contributed by atoms with Gasteiger partial charge in [-0.25, -0.2) is 9.78 Å². The maximum Gasteiger partial charge on any atom is 0.335 e. The highest BCUT2D eigenvalue weighted by Gasteiger charge is 2.10. The van der Waals surface area contributed by atoms with Crippen molar-refractivity contribution in [1.82, 2.24) is 4.98 Å². The molecule has 2 aromatic rings. The number of aromatic nitrogens is 1. The van der Waals surface area contributed by atoms with Crippen LogP contribution in [0.3, 0.4) is 0 Å². The lowest BCUT2D eigenvalue weighted by molar-refractivity contribution is 0.0697. The predicted molar refractivity (Wildman–Crippen MR) is 76.1 cm³/mol. The summed E-state index contributed by atoms with van der Waals surface area (Å²) >= 11 is 5.75. The van der Waals surface area contributed by atoms with Crippen LogP contribution >= 0.6 is 11.6 Å². The van der Waals surface area contributed by atoms with Gasteiger partial charge in [0.1, 0.15) is 11.0 Å². The molecule has 1 atom stereocenters. The summed E-state index contributed by atoms with van der Waals surface area (Å²) in [6.45, 7) is 0.205. The normalized spacial score (nSPS) is 11.9. The van der Waals surface area contributed by atoms with Crippen molar-refractivity contribution in [2.45, 2.75) is 6.10 Å². The van der Waals surface area contributed by atoms with Gasteiger partial charge in [0.15, 0.2) is 0 Å². The van der Waals surface area contributed by atoms with E-state index in [2.05, 4.69) is 10.3 Å². The van der Waals surface area contributed by atoms with Crippen LogP contribution in [0.2, 0.25) is 5.15 Å². The van der Waals surface area contributed by atoms with E-state index in [-0.39, 0.29) is 17.3 Å². The largest absolute Gasteiger partial charge is 0.478 e. The number of aromatic carboxylic acids is 1. The molecule has 6 heteroatoms. The molecule has 2 rings (SSSR count). The summed E-state index contributed by atoms with van der Waals surface area (Å²) < 4.78 is 0. The van der Waals surface area contributed by atoms with E-state index in [0.29, 0.717) is 5.82 Å². The lowest BCUT2D eigenvalue weighted by Gasteiger charge is -2.13. The quantitative estimate of drug-likeness (QED) is 0.738. The summed E-state index contributed by atoms with van der Waals surface area (Å²) in [5.41, 5.74) is 0.808. The number of aliphatic hydroxyl groups excluding tert-OH is 1. The molecule has 0 saturated heterocycles. The van der Waals surface area contributed by atoms with Gasteiger partial charge in [-0.05, 0) is 17.7 Å². The molecule has 1 heterocycles. The molecule has 1 aromatic carbocycles. The Morgan fingerprint density at radius 1 is 1.30 bits per heavy atom. The average molecular weight is 293 g/mol. The first-order valence-electron chi connectivity index (χ1n) is 5.94. The standard InChI is InChI=1S/C14H13ClN2O3/c15-12-6-10(14(19)20)7-13(17-12)16-8-11(18)9-4-2-1-3-5-9/h1-7,11,18H,8H2,(H,16,17)(H,19,20). The van der Waals surface area contributed by atoms with Crippen LogP contribution in [0.1, 0.15) is 22.0 Å². The van der Waals surface area contributed by atoms with Crippen molar-refractivity contribution < 1.29 is 15.0 Å². The van der Waals surface area contributed by atoms with Gasteiger partial charge in [-0.15, -0.1) is 0 Å². The molecule has 0 saturated carbocycles. The molecule has 0 radical (unpaired) electrons. The monoisotopic (exact) mass is 292 g/mol. The highest BCUT2D eigenvalue weighted by atomic mass is 35.5. The van der Waals surface area contributed by atoms with Gasteiger partial charge in [0.25, 0.3) is 0 Å². The zero-order chi connectivity index (χ0) is 14.5. The van der Waals surface area contributed by atoms with E-state index < -0.39 is 12.1 Å². The number of carbonyl (C=O) groups is 1. The van der Waals surface area contributed by atoms with Gasteiger partial charge >= 0.3 is 5.97 Å². The number of hydrogen-bond acceptors (Lipinski definition) is 4. The number of anilines is 1. The first kappa shape index (κ1) is 14.3. The second-order valence-corrected chi connectivity index (χ2v) is 4.56. The van der Waals surface area contributed by atoms with E-state index in [1.54, 1.807) is 12.1 Å². The van der Waals surface area contributed by atoms with E-state index in [0.717, 1.165) is 5.56 Å². The zero-order valence-electron chi connectivity index (χ0n) is 10.5. The van der Waals surface area contributed by atoms with Gasteiger partial charge in [-0.1, -0.05) is 41.9 Å². The van der Waals surface area contributed by atoms with Crippen molar-refractivity contribution in [2.24, 2.45) is 0 Å². The van der Waals surface area contributed by atoms with Gasteiger partial charge in [-0.3, -0.25) is 0 Å². The topological polar surface area (TPSA) is 82.5 Å². The van der Waals surface area contributed by atoms with Crippen LogP contribution in [0.4, 0.5) is 5.82 Å². The predicted octanol–water partition coefficient (Wildman–Crippen LogP) is 2.58. The smallest absolute Gasteiger partial charge is 0.335 e. The van der Waals surface area contributed by atoms with Crippen molar-refractivity contribution in [3.63, 3.8) is 0 Å². The fourth-order valence-electron chi connectivity index (χ4n) is 1.71. The molecule has 0 bridgehead atoms. The van der Waals surface area contributed by atoms with Crippen molar-refractivity contribution in [3.05, 3.63) is 58.7 Å². The Morgan fingerprint density at radius 3 is 2.65 bits per heavy atom. The molecule has 104 valence electrons. The molecule has 0 aliphatic rings. The molecule has 20 heavy (non-hydrogen) atoms. The van der Waals surface area contributed by atoms with E-state index in [1.165, 1.54) is 12.1 Å². The molecule has 1 aromatic heterocycles. The first-order chi connectivity index (χ1) is 9.56. The van der Waals surface area contributed by atoms with Crippen LogP contribution in [0, 0.1) is 0 Å². The second kappa shape index (κ2) is 6.36. The minimum absolute atomic E-state index is 0.0432. The Balaban J connectivity index is 2.06. The van der Waals surface area contributed by atoms with E-state index in [4.69, 9.17) is 16.7 Å². The Labute approximate surface area is 120 Å². The van der Waals surface area contributed by atoms with E-state index in [9.17, 15) is 9.90 Å². The number of carboxylic acids is 1. The molecule has 0 fully saturated rings. The first-order valence-corrected chi connectivity index (χ1v) is 6.32. The highest BCUT2D eigenvalue weighted by molar-refractivity contribution is 6.29. The second-order valence-electron chi connectivity index (χ2n) is 4.18. The van der Waals surface area contributed by atoms with Crippen LogP contribution in [0.15, 0.2) is 42.5 Å². The van der Waals surface area contributed by atoms with E-state index >= 15 is 0 Å². The highest BCUT2D eigenvalue weighted by Crippen LogP contribution is 2.17. The summed E-state index contributed by atoms with van der Waals surface area (Å²) in [6, 6.07) is 11.8. The summed E-state index contributed by atoms with van der Waals surface area (Å²) in [6.07, 6.45) is -0.717. The Kier molecular flexibility index (Phi) is 4.55. The molecule has 3 N–H and O–H groups in total. The average Bonchev–Trinajstić information content (AvgIpc) is 2.45. The number of rotatable bonds is 5. The number of nitrogens with one attached hydrogen (secondary N) is 1. The number of hydrogen-bond donors (Lipinski definition) is 3. The number of benzene rings is 1. The van der Waals surface area contributed by atoms with Crippen molar-refractivity contribution in [2.75, 3.05) is 11.9 Å². The number of nitrogens with zero attached hydrogens (tertiary/aromatic N) is 1. The third kappa shape index (κ3) is 3.69. The molecular formula is C14H13ClN2O3. The van der Waals surface area contributed by atoms with Crippen molar-refractivity contribution >= 4 is 23.4 Å². The fourth-order valence-corrected chi connectivity index (χ4v) is 1.91. The minimum atomic E-state index is -1.08. The van der Waals surface area contributed by atoms with Gasteiger partial charge in [0.2, 0.25) is 0 Å². The third-order valence-corrected chi connectivity index (χ3v) is 2.90. The van der Waals surface area contributed by atoms with Crippen LogP contribution < -0.4 is 5.32 Å².